The van der Waals surface area contributed by atoms with Crippen molar-refractivity contribution in [2.75, 3.05) is 25.5 Å². The molecule has 1 saturated carbocycles. The lowest BCUT2D eigenvalue weighted by molar-refractivity contribution is -0.00568. The largest absolute Gasteiger partial charge is 0.383 e. The first kappa shape index (κ1) is 14.4. The second-order valence-electron chi connectivity index (χ2n) is 6.40. The van der Waals surface area contributed by atoms with E-state index in [4.69, 9.17) is 10.5 Å². The number of ether oxygens (including phenoxy) is 1. The highest BCUT2D eigenvalue weighted by molar-refractivity contribution is 5.99. The standard InChI is InChI=1S/C17H20N4O2/c18-16-14-4-3-12(8-15(14)19-10-20-16)17(22)21-5-6-23-9-13(21)7-11-1-2-11/h3-4,8,10-11,13H,1-2,5-7,9H2,(H2,18,19,20). The van der Waals surface area contributed by atoms with Gasteiger partial charge < -0.3 is 15.4 Å². The fraction of sp³-hybridized carbons (Fsp3) is 0.471. The maximum atomic E-state index is 12.9. The van der Waals surface area contributed by atoms with Gasteiger partial charge in [0.25, 0.3) is 5.91 Å². The first-order valence-corrected chi connectivity index (χ1v) is 8.11. The molecule has 0 spiro atoms. The van der Waals surface area contributed by atoms with Crippen molar-refractivity contribution in [3.05, 3.63) is 30.1 Å². The van der Waals surface area contributed by atoms with E-state index in [-0.39, 0.29) is 11.9 Å². The van der Waals surface area contributed by atoms with Gasteiger partial charge >= 0.3 is 0 Å². The molecule has 2 fully saturated rings. The fourth-order valence-corrected chi connectivity index (χ4v) is 3.23. The summed E-state index contributed by atoms with van der Waals surface area (Å²) in [5, 5.41) is 0.778. The lowest BCUT2D eigenvalue weighted by Gasteiger charge is -2.36. The van der Waals surface area contributed by atoms with E-state index in [0.717, 1.165) is 17.7 Å². The van der Waals surface area contributed by atoms with E-state index in [1.54, 1.807) is 6.07 Å². The Morgan fingerprint density at radius 3 is 3.04 bits per heavy atom. The monoisotopic (exact) mass is 312 g/mol. The van der Waals surface area contributed by atoms with E-state index in [1.807, 2.05) is 17.0 Å². The Morgan fingerprint density at radius 1 is 1.35 bits per heavy atom. The van der Waals surface area contributed by atoms with Crippen molar-refractivity contribution >= 4 is 22.6 Å². The summed E-state index contributed by atoms with van der Waals surface area (Å²) < 4.78 is 5.58. The normalized spacial score (nSPS) is 21.6. The maximum absolute atomic E-state index is 12.9. The second kappa shape index (κ2) is 5.77. The van der Waals surface area contributed by atoms with Crippen LogP contribution in [0.2, 0.25) is 0 Å². The van der Waals surface area contributed by atoms with Crippen molar-refractivity contribution in [2.24, 2.45) is 5.92 Å². The van der Waals surface area contributed by atoms with Crippen LogP contribution in [0.25, 0.3) is 10.9 Å². The summed E-state index contributed by atoms with van der Waals surface area (Å²) in [6.45, 7) is 1.90. The number of amides is 1. The average Bonchev–Trinajstić information content (AvgIpc) is 3.39. The molecule has 1 aromatic carbocycles. The van der Waals surface area contributed by atoms with Gasteiger partial charge in [-0.2, -0.15) is 0 Å². The van der Waals surface area contributed by atoms with Crippen LogP contribution >= 0.6 is 0 Å². The number of hydrogen-bond acceptors (Lipinski definition) is 5. The molecule has 6 heteroatoms. The van der Waals surface area contributed by atoms with Gasteiger partial charge in [-0.05, 0) is 30.5 Å². The molecule has 2 N–H and O–H groups in total. The molecule has 1 aliphatic carbocycles. The molecule has 2 heterocycles. The SMILES string of the molecule is Nc1ncnc2cc(C(=O)N3CCOCC3CC3CC3)ccc12. The Hall–Kier alpha value is -2.21. The minimum Gasteiger partial charge on any atom is -0.383 e. The molecule has 4 rings (SSSR count). The summed E-state index contributed by atoms with van der Waals surface area (Å²) in [7, 11) is 0. The van der Waals surface area contributed by atoms with Gasteiger partial charge in [0, 0.05) is 17.5 Å². The summed E-state index contributed by atoms with van der Waals surface area (Å²) in [4.78, 5) is 23.1. The first-order chi connectivity index (χ1) is 11.2. The third-order valence-electron chi connectivity index (χ3n) is 4.71. The molecule has 2 aliphatic rings. The number of fused-ring (bicyclic) bond motifs is 1. The average molecular weight is 312 g/mol. The minimum absolute atomic E-state index is 0.0537. The molecular formula is C17H20N4O2. The highest BCUT2D eigenvalue weighted by Crippen LogP contribution is 2.35. The van der Waals surface area contributed by atoms with Crippen molar-refractivity contribution < 1.29 is 9.53 Å². The van der Waals surface area contributed by atoms with Crippen molar-refractivity contribution in [1.29, 1.82) is 0 Å². The van der Waals surface area contributed by atoms with Gasteiger partial charge in [-0.25, -0.2) is 9.97 Å². The Labute approximate surface area is 134 Å². The lowest BCUT2D eigenvalue weighted by Crippen LogP contribution is -2.48. The number of aromatic nitrogens is 2. The smallest absolute Gasteiger partial charge is 0.254 e. The zero-order valence-corrected chi connectivity index (χ0v) is 12.9. The number of benzene rings is 1. The molecule has 23 heavy (non-hydrogen) atoms. The Balaban J connectivity index is 1.61. The van der Waals surface area contributed by atoms with Gasteiger partial charge in [0.2, 0.25) is 0 Å². The molecule has 0 radical (unpaired) electrons. The fourth-order valence-electron chi connectivity index (χ4n) is 3.23. The van der Waals surface area contributed by atoms with Gasteiger partial charge in [0.15, 0.2) is 0 Å². The van der Waals surface area contributed by atoms with Crippen molar-refractivity contribution in [2.45, 2.75) is 25.3 Å². The molecule has 2 aromatic rings. The number of morpholine rings is 1. The summed E-state index contributed by atoms with van der Waals surface area (Å²) in [6.07, 6.45) is 5.04. The van der Waals surface area contributed by atoms with Crippen LogP contribution < -0.4 is 5.73 Å². The van der Waals surface area contributed by atoms with E-state index in [1.165, 1.54) is 19.2 Å². The third kappa shape index (κ3) is 2.86. The molecule has 120 valence electrons. The maximum Gasteiger partial charge on any atom is 0.254 e. The van der Waals surface area contributed by atoms with Gasteiger partial charge in [-0.15, -0.1) is 0 Å². The van der Waals surface area contributed by atoms with Crippen molar-refractivity contribution in [1.82, 2.24) is 14.9 Å². The van der Waals surface area contributed by atoms with Crippen LogP contribution in [0.3, 0.4) is 0 Å². The zero-order chi connectivity index (χ0) is 15.8. The molecule has 1 amide bonds. The zero-order valence-electron chi connectivity index (χ0n) is 12.9. The predicted octanol–water partition coefficient (Wildman–Crippen LogP) is 1.85. The van der Waals surface area contributed by atoms with E-state index in [0.29, 0.717) is 36.7 Å². The number of hydrogen-bond donors (Lipinski definition) is 1. The van der Waals surface area contributed by atoms with Crippen molar-refractivity contribution in [3.8, 4) is 0 Å². The van der Waals surface area contributed by atoms with Crippen LogP contribution in [0, 0.1) is 5.92 Å². The minimum atomic E-state index is 0.0537. The molecule has 1 aliphatic heterocycles. The van der Waals surface area contributed by atoms with Crippen LogP contribution in [0.4, 0.5) is 5.82 Å². The summed E-state index contributed by atoms with van der Waals surface area (Å²) >= 11 is 0. The number of nitrogens with two attached hydrogens (primary N) is 1. The van der Waals surface area contributed by atoms with Crippen molar-refractivity contribution in [3.63, 3.8) is 0 Å². The molecule has 1 saturated heterocycles. The van der Waals surface area contributed by atoms with Crippen LogP contribution in [-0.2, 0) is 4.74 Å². The second-order valence-corrected chi connectivity index (χ2v) is 6.40. The van der Waals surface area contributed by atoms with Crippen LogP contribution in [-0.4, -0.2) is 46.6 Å². The summed E-state index contributed by atoms with van der Waals surface area (Å²) in [6, 6.07) is 5.64. The number of nitrogens with zero attached hydrogens (tertiary/aromatic N) is 3. The molecule has 1 unspecified atom stereocenters. The number of carbonyl (C=O) groups is 1. The number of anilines is 1. The Morgan fingerprint density at radius 2 is 2.22 bits per heavy atom. The number of nitrogen functional groups attached to an aromatic ring is 1. The third-order valence-corrected chi connectivity index (χ3v) is 4.71. The van der Waals surface area contributed by atoms with Crippen LogP contribution in [0.5, 0.6) is 0 Å². The number of carbonyl (C=O) groups excluding carboxylic acids is 1. The molecule has 6 nitrogen and oxygen atoms in total. The summed E-state index contributed by atoms with van der Waals surface area (Å²) in [5.41, 5.74) is 7.20. The van der Waals surface area contributed by atoms with Gasteiger partial charge in [0.05, 0.1) is 24.8 Å². The molecular weight excluding hydrogens is 292 g/mol. The van der Waals surface area contributed by atoms with E-state index < -0.39 is 0 Å². The topological polar surface area (TPSA) is 81.3 Å². The molecule has 0 bridgehead atoms. The highest BCUT2D eigenvalue weighted by atomic mass is 16.5. The summed E-state index contributed by atoms with van der Waals surface area (Å²) in [5.74, 6) is 1.26. The quantitative estimate of drug-likeness (QED) is 0.935. The van der Waals surface area contributed by atoms with E-state index in [2.05, 4.69) is 9.97 Å². The Kier molecular flexibility index (Phi) is 3.61. The molecule has 1 aromatic heterocycles. The Bertz CT molecular complexity index is 744. The first-order valence-electron chi connectivity index (χ1n) is 8.11. The predicted molar refractivity (Wildman–Crippen MR) is 86.9 cm³/mol. The highest BCUT2D eigenvalue weighted by Gasteiger charge is 2.33. The molecule has 1 atom stereocenters. The van der Waals surface area contributed by atoms with Crippen LogP contribution in [0.15, 0.2) is 24.5 Å². The van der Waals surface area contributed by atoms with Gasteiger partial charge in [-0.3, -0.25) is 4.79 Å². The van der Waals surface area contributed by atoms with Gasteiger partial charge in [-0.1, -0.05) is 12.8 Å². The van der Waals surface area contributed by atoms with E-state index in [9.17, 15) is 4.79 Å². The van der Waals surface area contributed by atoms with Crippen LogP contribution in [0.1, 0.15) is 29.6 Å². The lowest BCUT2D eigenvalue weighted by atomic mass is 10.1. The number of rotatable bonds is 3. The van der Waals surface area contributed by atoms with E-state index >= 15 is 0 Å². The van der Waals surface area contributed by atoms with Gasteiger partial charge in [0.1, 0.15) is 12.1 Å².